The van der Waals surface area contributed by atoms with Gasteiger partial charge in [0.1, 0.15) is 23.6 Å². The summed E-state index contributed by atoms with van der Waals surface area (Å²) in [5, 5.41) is 8.00. The number of aromatic nitrogens is 7. The van der Waals surface area contributed by atoms with Crippen LogP contribution in [0.3, 0.4) is 0 Å². The summed E-state index contributed by atoms with van der Waals surface area (Å²) in [7, 11) is 0. The summed E-state index contributed by atoms with van der Waals surface area (Å²) in [5.74, 6) is 1.21. The molecule has 7 rings (SSSR count). The van der Waals surface area contributed by atoms with E-state index < -0.39 is 0 Å². The third kappa shape index (κ3) is 4.06. The molecule has 10 heteroatoms. The molecule has 0 bridgehead atoms. The van der Waals surface area contributed by atoms with Crippen LogP contribution >= 0.6 is 11.3 Å². The Morgan fingerprint density at radius 2 is 1.79 bits per heavy atom. The summed E-state index contributed by atoms with van der Waals surface area (Å²) in [6.45, 7) is 0.454. The predicted octanol–water partition coefficient (Wildman–Crippen LogP) is 6.40. The van der Waals surface area contributed by atoms with Crippen LogP contribution < -0.4 is 4.74 Å². The number of aromatic amines is 2. The van der Waals surface area contributed by atoms with Crippen molar-refractivity contribution in [1.82, 2.24) is 35.1 Å². The van der Waals surface area contributed by atoms with Crippen molar-refractivity contribution in [2.75, 3.05) is 0 Å². The number of hydrogen-bond acceptors (Lipinski definition) is 7. The number of ether oxygens (including phenoxy) is 1. The summed E-state index contributed by atoms with van der Waals surface area (Å²) < 4.78 is 19.6. The van der Waals surface area contributed by atoms with Gasteiger partial charge in [0.25, 0.3) is 0 Å². The highest BCUT2D eigenvalue weighted by Gasteiger charge is 2.18. The van der Waals surface area contributed by atoms with Crippen molar-refractivity contribution in [1.29, 1.82) is 0 Å². The third-order valence-electron chi connectivity index (χ3n) is 6.16. The molecule has 6 heterocycles. The van der Waals surface area contributed by atoms with Gasteiger partial charge in [-0.3, -0.25) is 10.1 Å². The van der Waals surface area contributed by atoms with E-state index in [2.05, 4.69) is 30.1 Å². The van der Waals surface area contributed by atoms with E-state index in [1.807, 2.05) is 48.5 Å². The van der Waals surface area contributed by atoms with Crippen molar-refractivity contribution in [3.05, 3.63) is 96.1 Å². The topological polar surface area (TPSA) is 105 Å². The standard InChI is InChI=1S/C28H18FN7OS/c29-23-7-6-22(38-23)20-8-9-31-27-24(20)33-28(34-27)25-21-11-18(13-32-26(21)36-35-25)17-10-19(14-30-12-17)37-15-16-4-2-1-3-5-16/h1-14H,15H2,(H,31,33,34)(H,32,35,36). The van der Waals surface area contributed by atoms with Crippen molar-refractivity contribution in [3.8, 4) is 38.8 Å². The summed E-state index contributed by atoms with van der Waals surface area (Å²) in [5.41, 5.74) is 6.10. The average molecular weight is 520 g/mol. The molecule has 0 spiro atoms. The summed E-state index contributed by atoms with van der Waals surface area (Å²) in [6.07, 6.45) is 6.92. The molecule has 7 aromatic rings. The second-order valence-corrected chi connectivity index (χ2v) is 9.65. The fourth-order valence-corrected chi connectivity index (χ4v) is 5.08. The van der Waals surface area contributed by atoms with Gasteiger partial charge in [0.15, 0.2) is 22.2 Å². The minimum atomic E-state index is -0.248. The highest BCUT2D eigenvalue weighted by atomic mass is 32.1. The predicted molar refractivity (Wildman–Crippen MR) is 144 cm³/mol. The molecule has 0 saturated carbocycles. The molecule has 0 aliphatic rings. The van der Waals surface area contributed by atoms with Gasteiger partial charge in [-0.1, -0.05) is 30.3 Å². The van der Waals surface area contributed by atoms with Crippen LogP contribution in [0.15, 0.2) is 85.5 Å². The lowest BCUT2D eigenvalue weighted by Gasteiger charge is -2.08. The normalized spacial score (nSPS) is 11.4. The first-order chi connectivity index (χ1) is 18.7. The van der Waals surface area contributed by atoms with Crippen LogP contribution in [-0.4, -0.2) is 35.1 Å². The van der Waals surface area contributed by atoms with Crippen LogP contribution in [0, 0.1) is 5.13 Å². The lowest BCUT2D eigenvalue weighted by atomic mass is 10.1. The van der Waals surface area contributed by atoms with Crippen LogP contribution in [-0.2, 0) is 6.61 Å². The molecule has 0 aliphatic carbocycles. The first-order valence-electron chi connectivity index (χ1n) is 11.8. The number of nitrogens with zero attached hydrogens (tertiary/aromatic N) is 5. The molecule has 0 aliphatic heterocycles. The summed E-state index contributed by atoms with van der Waals surface area (Å²) in [6, 6.07) is 18.9. The van der Waals surface area contributed by atoms with Gasteiger partial charge in [-0.2, -0.15) is 9.49 Å². The van der Waals surface area contributed by atoms with Gasteiger partial charge in [-0.15, -0.1) is 11.3 Å². The molecule has 1 aromatic carbocycles. The molecular formula is C28H18FN7OS. The maximum atomic E-state index is 13.7. The maximum Gasteiger partial charge on any atom is 0.176 e. The van der Waals surface area contributed by atoms with Crippen molar-refractivity contribution in [3.63, 3.8) is 0 Å². The van der Waals surface area contributed by atoms with Gasteiger partial charge in [0.2, 0.25) is 0 Å². The fraction of sp³-hybridized carbons (Fsp3) is 0.0357. The molecule has 0 atom stereocenters. The number of thiophene rings is 1. The Balaban J connectivity index is 1.24. The summed E-state index contributed by atoms with van der Waals surface area (Å²) >= 11 is 1.07. The van der Waals surface area contributed by atoms with E-state index in [1.165, 1.54) is 6.07 Å². The van der Waals surface area contributed by atoms with Crippen molar-refractivity contribution < 1.29 is 9.13 Å². The number of halogens is 1. The van der Waals surface area contributed by atoms with E-state index >= 15 is 0 Å². The molecule has 184 valence electrons. The van der Waals surface area contributed by atoms with Gasteiger partial charge < -0.3 is 9.72 Å². The number of pyridine rings is 3. The van der Waals surface area contributed by atoms with Gasteiger partial charge in [-0.05, 0) is 35.9 Å². The molecule has 0 amide bonds. The molecular weight excluding hydrogens is 501 g/mol. The Morgan fingerprint density at radius 3 is 2.66 bits per heavy atom. The Hall–Kier alpha value is -4.96. The van der Waals surface area contributed by atoms with Crippen molar-refractivity contribution in [2.45, 2.75) is 6.61 Å². The first kappa shape index (κ1) is 22.3. The summed E-state index contributed by atoms with van der Waals surface area (Å²) in [4.78, 5) is 22.2. The number of benzene rings is 1. The minimum absolute atomic E-state index is 0.248. The van der Waals surface area contributed by atoms with Crippen LogP contribution in [0.5, 0.6) is 5.75 Å². The van der Waals surface area contributed by atoms with Crippen LogP contribution in [0.4, 0.5) is 4.39 Å². The lowest BCUT2D eigenvalue weighted by Crippen LogP contribution is -1.96. The fourth-order valence-electron chi connectivity index (χ4n) is 4.32. The van der Waals surface area contributed by atoms with E-state index in [4.69, 9.17) is 9.72 Å². The maximum absolute atomic E-state index is 13.7. The van der Waals surface area contributed by atoms with Gasteiger partial charge >= 0.3 is 0 Å². The number of imidazole rings is 1. The molecule has 8 nitrogen and oxygen atoms in total. The number of fused-ring (bicyclic) bond motifs is 2. The number of hydrogen-bond donors (Lipinski definition) is 2. The molecule has 0 radical (unpaired) electrons. The SMILES string of the molecule is Fc1ccc(-c2ccnc3[nH]c(-c4n[nH]c5ncc(-c6cncc(OCc7ccccc7)c6)cc45)nc23)s1. The van der Waals surface area contributed by atoms with Gasteiger partial charge in [0, 0.05) is 40.2 Å². The van der Waals surface area contributed by atoms with Crippen molar-refractivity contribution in [2.24, 2.45) is 0 Å². The third-order valence-corrected chi connectivity index (χ3v) is 7.07. The van der Waals surface area contributed by atoms with Crippen LogP contribution in [0.1, 0.15) is 5.56 Å². The van der Waals surface area contributed by atoms with E-state index in [0.717, 1.165) is 43.9 Å². The number of nitrogens with one attached hydrogen (secondary N) is 2. The molecule has 6 aromatic heterocycles. The second kappa shape index (κ2) is 9.16. The largest absolute Gasteiger partial charge is 0.487 e. The van der Waals surface area contributed by atoms with E-state index in [-0.39, 0.29) is 5.13 Å². The second-order valence-electron chi connectivity index (χ2n) is 8.62. The zero-order valence-electron chi connectivity index (χ0n) is 19.7. The Morgan fingerprint density at radius 1 is 0.895 bits per heavy atom. The lowest BCUT2D eigenvalue weighted by molar-refractivity contribution is 0.305. The van der Waals surface area contributed by atoms with Gasteiger partial charge in [-0.25, -0.2) is 15.0 Å². The van der Waals surface area contributed by atoms with Crippen molar-refractivity contribution >= 4 is 33.5 Å². The highest BCUT2D eigenvalue weighted by Crippen LogP contribution is 2.34. The molecule has 0 saturated heterocycles. The Bertz CT molecular complexity index is 1910. The minimum Gasteiger partial charge on any atom is -0.487 e. The molecule has 38 heavy (non-hydrogen) atoms. The molecule has 0 unspecified atom stereocenters. The number of H-pyrrole nitrogens is 2. The quantitative estimate of drug-likeness (QED) is 0.263. The van der Waals surface area contributed by atoms with Gasteiger partial charge in [0.05, 0.1) is 11.6 Å². The zero-order chi connectivity index (χ0) is 25.5. The Kier molecular flexibility index (Phi) is 5.37. The van der Waals surface area contributed by atoms with Crippen LogP contribution in [0.25, 0.3) is 55.3 Å². The number of rotatable bonds is 6. The zero-order valence-corrected chi connectivity index (χ0v) is 20.5. The highest BCUT2D eigenvalue weighted by molar-refractivity contribution is 7.14. The molecule has 2 N–H and O–H groups in total. The smallest absolute Gasteiger partial charge is 0.176 e. The molecule has 0 fully saturated rings. The van der Waals surface area contributed by atoms with E-state index in [9.17, 15) is 4.39 Å². The van der Waals surface area contributed by atoms with E-state index in [0.29, 0.717) is 40.7 Å². The average Bonchev–Trinajstić information content (AvgIpc) is 3.70. The first-order valence-corrected chi connectivity index (χ1v) is 12.6. The monoisotopic (exact) mass is 519 g/mol. The Labute approximate surface area is 219 Å². The van der Waals surface area contributed by atoms with Crippen LogP contribution in [0.2, 0.25) is 0 Å². The van der Waals surface area contributed by atoms with E-state index in [1.54, 1.807) is 30.9 Å².